The van der Waals surface area contributed by atoms with Gasteiger partial charge in [-0.1, -0.05) is 19.9 Å². The van der Waals surface area contributed by atoms with Gasteiger partial charge in [0.25, 0.3) is 0 Å². The van der Waals surface area contributed by atoms with Gasteiger partial charge in [-0.25, -0.2) is 0 Å². The van der Waals surface area contributed by atoms with Crippen LogP contribution in [0.25, 0.3) is 0 Å². The molecule has 64 valence electrons. The summed E-state index contributed by atoms with van der Waals surface area (Å²) in [4.78, 5) is 13.2. The van der Waals surface area contributed by atoms with E-state index in [9.17, 15) is 4.79 Å². The molecule has 0 amide bonds. The summed E-state index contributed by atoms with van der Waals surface area (Å²) < 4.78 is 0. The molecule has 0 aromatic carbocycles. The van der Waals surface area contributed by atoms with E-state index >= 15 is 0 Å². The van der Waals surface area contributed by atoms with Gasteiger partial charge in [-0.05, 0) is 24.6 Å². The summed E-state index contributed by atoms with van der Waals surface area (Å²) in [7, 11) is 0. The zero-order chi connectivity index (χ0) is 8.97. The van der Waals surface area contributed by atoms with E-state index in [0.29, 0.717) is 0 Å². The van der Waals surface area contributed by atoms with E-state index in [-0.39, 0.29) is 5.78 Å². The van der Waals surface area contributed by atoms with Crippen LogP contribution in [0.1, 0.15) is 27.9 Å². The van der Waals surface area contributed by atoms with Crippen LogP contribution >= 0.6 is 11.3 Å². The lowest BCUT2D eigenvalue weighted by Crippen LogP contribution is -1.86. The molecule has 0 aliphatic carbocycles. The minimum Gasteiger partial charge on any atom is -0.288 e. The highest BCUT2D eigenvalue weighted by Gasteiger charge is 2.04. The number of aryl methyl sites for hydroxylation is 1. The van der Waals surface area contributed by atoms with Gasteiger partial charge in [0.1, 0.15) is 0 Å². The normalized spacial score (nSPS) is 9.75. The van der Waals surface area contributed by atoms with E-state index in [0.717, 1.165) is 17.7 Å². The highest BCUT2D eigenvalue weighted by atomic mass is 32.1. The summed E-state index contributed by atoms with van der Waals surface area (Å²) in [5.41, 5.74) is 0. The first-order valence-electron chi connectivity index (χ1n) is 4.03. The first-order valence-corrected chi connectivity index (χ1v) is 4.85. The van der Waals surface area contributed by atoms with Gasteiger partial charge in [-0.15, -0.1) is 11.3 Å². The first-order chi connectivity index (χ1) is 5.77. The number of hydrogen-bond acceptors (Lipinski definition) is 2. The monoisotopic (exact) mass is 180 g/mol. The summed E-state index contributed by atoms with van der Waals surface area (Å²) in [5, 5.41) is 0. The number of thiophene rings is 1. The van der Waals surface area contributed by atoms with Gasteiger partial charge >= 0.3 is 0 Å². The third-order valence-electron chi connectivity index (χ3n) is 1.59. The Morgan fingerprint density at radius 1 is 1.67 bits per heavy atom. The number of carbonyl (C=O) groups excluding carboxylic acids is 1. The molecule has 0 fully saturated rings. The van der Waals surface area contributed by atoms with Crippen molar-refractivity contribution in [1.29, 1.82) is 0 Å². The SMILES string of the molecule is C=CC(=O)c1ccc(CCC)s1. The van der Waals surface area contributed by atoms with Gasteiger partial charge in [0.2, 0.25) is 0 Å². The lowest BCUT2D eigenvalue weighted by atomic mass is 10.3. The van der Waals surface area contributed by atoms with Crippen molar-refractivity contribution in [3.8, 4) is 0 Å². The van der Waals surface area contributed by atoms with Crippen LogP contribution in [0.3, 0.4) is 0 Å². The molecule has 1 heterocycles. The van der Waals surface area contributed by atoms with E-state index in [4.69, 9.17) is 0 Å². The second-order valence-corrected chi connectivity index (χ2v) is 3.75. The molecule has 0 atom stereocenters. The standard InChI is InChI=1S/C10H12OS/c1-3-5-8-6-7-10(12-8)9(11)4-2/h4,6-7H,2-3,5H2,1H3. The maximum Gasteiger partial charge on any atom is 0.195 e. The van der Waals surface area contributed by atoms with Crippen molar-refractivity contribution in [2.45, 2.75) is 19.8 Å². The molecule has 0 aliphatic rings. The third-order valence-corrected chi connectivity index (χ3v) is 2.75. The lowest BCUT2D eigenvalue weighted by molar-refractivity contribution is 0.105. The molecule has 0 bridgehead atoms. The molecule has 0 saturated carbocycles. The Balaban J connectivity index is 2.76. The van der Waals surface area contributed by atoms with Crippen molar-refractivity contribution in [3.63, 3.8) is 0 Å². The van der Waals surface area contributed by atoms with Crippen molar-refractivity contribution in [2.75, 3.05) is 0 Å². The summed E-state index contributed by atoms with van der Waals surface area (Å²) in [6, 6.07) is 3.89. The largest absolute Gasteiger partial charge is 0.288 e. The van der Waals surface area contributed by atoms with Gasteiger partial charge in [0.15, 0.2) is 5.78 Å². The first kappa shape index (κ1) is 9.20. The number of allylic oxidation sites excluding steroid dienone is 1. The van der Waals surface area contributed by atoms with E-state index in [1.54, 1.807) is 11.3 Å². The predicted octanol–water partition coefficient (Wildman–Crippen LogP) is 3.07. The van der Waals surface area contributed by atoms with Crippen LogP contribution in [-0.2, 0) is 6.42 Å². The highest BCUT2D eigenvalue weighted by molar-refractivity contribution is 7.14. The van der Waals surface area contributed by atoms with Crippen molar-refractivity contribution < 1.29 is 4.79 Å². The maximum absolute atomic E-state index is 11.1. The number of carbonyl (C=O) groups is 1. The quantitative estimate of drug-likeness (QED) is 0.514. The Labute approximate surface area is 76.7 Å². The minimum atomic E-state index is 0.0300. The maximum atomic E-state index is 11.1. The summed E-state index contributed by atoms with van der Waals surface area (Å²) in [5.74, 6) is 0.0300. The molecule has 1 rings (SSSR count). The van der Waals surface area contributed by atoms with Crippen molar-refractivity contribution in [3.05, 3.63) is 34.5 Å². The fourth-order valence-electron chi connectivity index (χ4n) is 0.992. The molecule has 1 nitrogen and oxygen atoms in total. The van der Waals surface area contributed by atoms with E-state index in [2.05, 4.69) is 13.5 Å². The van der Waals surface area contributed by atoms with E-state index in [1.165, 1.54) is 11.0 Å². The molecule has 2 heteroatoms. The molecule has 0 unspecified atom stereocenters. The van der Waals surface area contributed by atoms with Gasteiger partial charge in [0, 0.05) is 4.88 Å². The van der Waals surface area contributed by atoms with Gasteiger partial charge < -0.3 is 0 Å². The topological polar surface area (TPSA) is 17.1 Å². The zero-order valence-corrected chi connectivity index (χ0v) is 7.99. The minimum absolute atomic E-state index is 0.0300. The van der Waals surface area contributed by atoms with Crippen molar-refractivity contribution >= 4 is 17.1 Å². The van der Waals surface area contributed by atoms with E-state index in [1.807, 2.05) is 12.1 Å². The highest BCUT2D eigenvalue weighted by Crippen LogP contribution is 2.18. The van der Waals surface area contributed by atoms with Crippen molar-refractivity contribution in [1.82, 2.24) is 0 Å². The summed E-state index contributed by atoms with van der Waals surface area (Å²) in [6.07, 6.45) is 3.55. The predicted molar refractivity (Wildman–Crippen MR) is 52.8 cm³/mol. The molecule has 1 aromatic heterocycles. The van der Waals surface area contributed by atoms with Gasteiger partial charge in [-0.3, -0.25) is 4.79 Å². The molecular formula is C10H12OS. The average molecular weight is 180 g/mol. The van der Waals surface area contributed by atoms with Crippen molar-refractivity contribution in [2.24, 2.45) is 0 Å². The summed E-state index contributed by atoms with van der Waals surface area (Å²) in [6.45, 7) is 5.58. The van der Waals surface area contributed by atoms with Crippen LogP contribution in [-0.4, -0.2) is 5.78 Å². The number of ketones is 1. The van der Waals surface area contributed by atoms with Gasteiger partial charge in [-0.2, -0.15) is 0 Å². The molecule has 0 aliphatic heterocycles. The van der Waals surface area contributed by atoms with Crippen LogP contribution in [0.2, 0.25) is 0 Å². The molecular weight excluding hydrogens is 168 g/mol. The van der Waals surface area contributed by atoms with Crippen LogP contribution < -0.4 is 0 Å². The number of rotatable bonds is 4. The fourth-order valence-corrected chi connectivity index (χ4v) is 2.04. The van der Waals surface area contributed by atoms with Crippen LogP contribution in [0.15, 0.2) is 24.8 Å². The molecule has 0 radical (unpaired) electrons. The average Bonchev–Trinajstić information content (AvgIpc) is 2.52. The van der Waals surface area contributed by atoms with Crippen LogP contribution in [0, 0.1) is 0 Å². The zero-order valence-electron chi connectivity index (χ0n) is 7.17. The molecule has 0 spiro atoms. The number of hydrogen-bond donors (Lipinski definition) is 0. The smallest absolute Gasteiger partial charge is 0.195 e. The van der Waals surface area contributed by atoms with Gasteiger partial charge in [0.05, 0.1) is 4.88 Å². The second kappa shape index (κ2) is 4.21. The Hall–Kier alpha value is -0.890. The van der Waals surface area contributed by atoms with Crippen LogP contribution in [0.5, 0.6) is 0 Å². The second-order valence-electron chi connectivity index (χ2n) is 2.58. The Morgan fingerprint density at radius 2 is 2.42 bits per heavy atom. The fraction of sp³-hybridized carbons (Fsp3) is 0.300. The molecule has 1 aromatic rings. The molecule has 12 heavy (non-hydrogen) atoms. The van der Waals surface area contributed by atoms with E-state index < -0.39 is 0 Å². The lowest BCUT2D eigenvalue weighted by Gasteiger charge is -1.88. The Kier molecular flexibility index (Phi) is 3.23. The Morgan fingerprint density at radius 3 is 3.00 bits per heavy atom. The molecule has 0 saturated heterocycles. The Bertz CT molecular complexity index is 286. The molecule has 0 N–H and O–H groups in total. The summed E-state index contributed by atoms with van der Waals surface area (Å²) >= 11 is 1.57. The van der Waals surface area contributed by atoms with Crippen LogP contribution in [0.4, 0.5) is 0 Å². The third kappa shape index (κ3) is 2.05.